The third kappa shape index (κ3) is 1.17. The molecule has 0 atom stereocenters. The van der Waals surface area contributed by atoms with Crippen molar-refractivity contribution in [2.75, 3.05) is 0 Å². The number of rotatable bonds is 2. The summed E-state index contributed by atoms with van der Waals surface area (Å²) in [7, 11) is 0. The molecule has 0 unspecified atom stereocenters. The van der Waals surface area contributed by atoms with Crippen molar-refractivity contribution < 1.29 is 4.79 Å². The van der Waals surface area contributed by atoms with Crippen LogP contribution in [0.3, 0.4) is 0 Å². The van der Waals surface area contributed by atoms with Crippen LogP contribution < -0.4 is 0 Å². The van der Waals surface area contributed by atoms with E-state index in [9.17, 15) is 4.79 Å². The summed E-state index contributed by atoms with van der Waals surface area (Å²) in [6, 6.07) is 1.98. The van der Waals surface area contributed by atoms with Crippen LogP contribution in [0.5, 0.6) is 0 Å². The molecule has 2 nitrogen and oxygen atoms in total. The zero-order valence-electron chi connectivity index (χ0n) is 8.00. The molecule has 1 fully saturated rings. The molecule has 0 radical (unpaired) electrons. The van der Waals surface area contributed by atoms with Crippen molar-refractivity contribution in [1.82, 2.24) is 4.98 Å². The van der Waals surface area contributed by atoms with E-state index >= 15 is 0 Å². The fourth-order valence-corrected chi connectivity index (χ4v) is 1.95. The van der Waals surface area contributed by atoms with Gasteiger partial charge in [-0.2, -0.15) is 0 Å². The van der Waals surface area contributed by atoms with E-state index in [0.717, 1.165) is 18.4 Å². The maximum atomic E-state index is 11.5. The van der Waals surface area contributed by atoms with Crippen molar-refractivity contribution in [3.8, 4) is 0 Å². The number of hydrogen-bond acceptors (Lipinski definition) is 2. The number of hydrogen-bond donors (Lipinski definition) is 0. The number of aryl methyl sites for hydroxylation is 1. The van der Waals surface area contributed by atoms with Crippen LogP contribution in [-0.2, 0) is 10.2 Å². The number of carbonyl (C=O) groups excluding carboxylic acids is 1. The molecule has 1 saturated carbocycles. The first-order valence-electron chi connectivity index (χ1n) is 4.59. The summed E-state index contributed by atoms with van der Waals surface area (Å²) in [5.41, 5.74) is 2.16. The summed E-state index contributed by atoms with van der Waals surface area (Å²) in [5, 5.41) is 0. The number of Topliss-reactive ketones (excluding diaryl/α,β-unsaturated/α-hetero) is 1. The van der Waals surface area contributed by atoms with Crippen molar-refractivity contribution in [2.24, 2.45) is 0 Å². The monoisotopic (exact) mass is 175 g/mol. The van der Waals surface area contributed by atoms with Crippen LogP contribution in [0.1, 0.15) is 30.9 Å². The van der Waals surface area contributed by atoms with Crippen LogP contribution in [0.15, 0.2) is 18.5 Å². The predicted octanol–water partition coefficient (Wildman–Crippen LogP) is 2.01. The average Bonchev–Trinajstić information content (AvgIpc) is 2.85. The minimum absolute atomic E-state index is 0.146. The number of ketones is 1. The molecule has 1 heterocycles. The molecule has 13 heavy (non-hydrogen) atoms. The molecule has 1 aliphatic rings. The topological polar surface area (TPSA) is 30.0 Å². The van der Waals surface area contributed by atoms with E-state index in [0.29, 0.717) is 5.78 Å². The minimum Gasteiger partial charge on any atom is -0.299 e. The maximum absolute atomic E-state index is 11.5. The Labute approximate surface area is 78.0 Å². The lowest BCUT2D eigenvalue weighted by Crippen LogP contribution is -2.18. The van der Waals surface area contributed by atoms with Gasteiger partial charge in [-0.05, 0) is 43.9 Å². The lowest BCUT2D eigenvalue weighted by Gasteiger charge is -2.13. The first-order chi connectivity index (χ1) is 6.17. The summed E-state index contributed by atoms with van der Waals surface area (Å²) in [5.74, 6) is 0.293. The third-order valence-corrected chi connectivity index (χ3v) is 2.96. The van der Waals surface area contributed by atoms with E-state index in [-0.39, 0.29) is 5.41 Å². The van der Waals surface area contributed by atoms with E-state index in [1.165, 1.54) is 5.56 Å². The van der Waals surface area contributed by atoms with Gasteiger partial charge in [-0.15, -0.1) is 0 Å². The highest BCUT2D eigenvalue weighted by Gasteiger charge is 2.49. The third-order valence-electron chi connectivity index (χ3n) is 2.96. The highest BCUT2D eigenvalue weighted by Crippen LogP contribution is 2.49. The van der Waals surface area contributed by atoms with Gasteiger partial charge in [-0.3, -0.25) is 9.78 Å². The van der Waals surface area contributed by atoms with Crippen LogP contribution in [0.25, 0.3) is 0 Å². The quantitative estimate of drug-likeness (QED) is 0.688. The van der Waals surface area contributed by atoms with Gasteiger partial charge in [-0.1, -0.05) is 0 Å². The van der Waals surface area contributed by atoms with Crippen LogP contribution in [0.4, 0.5) is 0 Å². The number of aromatic nitrogens is 1. The number of pyridine rings is 1. The molecule has 68 valence electrons. The Balaban J connectivity index is 2.47. The van der Waals surface area contributed by atoms with Gasteiger partial charge < -0.3 is 0 Å². The smallest absolute Gasteiger partial charge is 0.140 e. The maximum Gasteiger partial charge on any atom is 0.140 e. The molecule has 1 aromatic heterocycles. The van der Waals surface area contributed by atoms with Gasteiger partial charge >= 0.3 is 0 Å². The van der Waals surface area contributed by atoms with Crippen LogP contribution in [0, 0.1) is 6.92 Å². The molecule has 1 aliphatic carbocycles. The van der Waals surface area contributed by atoms with Crippen molar-refractivity contribution in [2.45, 2.75) is 32.1 Å². The van der Waals surface area contributed by atoms with Crippen molar-refractivity contribution in [1.29, 1.82) is 0 Å². The van der Waals surface area contributed by atoms with Gasteiger partial charge in [0.25, 0.3) is 0 Å². The standard InChI is InChI=1S/C11H13NO/c1-8-7-12-6-3-10(8)11(4-5-11)9(2)13/h3,6-7H,4-5H2,1-2H3. The lowest BCUT2D eigenvalue weighted by molar-refractivity contribution is -0.119. The SMILES string of the molecule is CC(=O)C1(c2ccncc2C)CC1. The van der Waals surface area contributed by atoms with Gasteiger partial charge in [0, 0.05) is 12.4 Å². The first kappa shape index (κ1) is 8.42. The van der Waals surface area contributed by atoms with E-state index in [1.807, 2.05) is 19.2 Å². The summed E-state index contributed by atoms with van der Waals surface area (Å²) in [4.78, 5) is 15.5. The second kappa shape index (κ2) is 2.66. The molecule has 2 heteroatoms. The molecule has 2 rings (SSSR count). The average molecular weight is 175 g/mol. The van der Waals surface area contributed by atoms with E-state index in [2.05, 4.69) is 4.98 Å². The molecule has 1 aromatic rings. The fraction of sp³-hybridized carbons (Fsp3) is 0.455. The largest absolute Gasteiger partial charge is 0.299 e. The van der Waals surface area contributed by atoms with Gasteiger partial charge in [-0.25, -0.2) is 0 Å². The van der Waals surface area contributed by atoms with E-state index in [1.54, 1.807) is 13.1 Å². The highest BCUT2D eigenvalue weighted by molar-refractivity contribution is 5.91. The van der Waals surface area contributed by atoms with Crippen LogP contribution in [0.2, 0.25) is 0 Å². The Kier molecular flexibility index (Phi) is 1.72. The van der Waals surface area contributed by atoms with Crippen molar-refractivity contribution >= 4 is 5.78 Å². The van der Waals surface area contributed by atoms with E-state index in [4.69, 9.17) is 0 Å². The summed E-state index contributed by atoms with van der Waals surface area (Å²) < 4.78 is 0. The molecule has 0 saturated heterocycles. The van der Waals surface area contributed by atoms with E-state index < -0.39 is 0 Å². The van der Waals surface area contributed by atoms with Gasteiger partial charge in [0.05, 0.1) is 5.41 Å². The second-order valence-electron chi connectivity index (χ2n) is 3.83. The zero-order valence-corrected chi connectivity index (χ0v) is 8.00. The molecule has 0 aromatic carbocycles. The van der Waals surface area contributed by atoms with Gasteiger partial charge in [0.1, 0.15) is 5.78 Å². The molecule has 0 amide bonds. The predicted molar refractivity (Wildman–Crippen MR) is 50.6 cm³/mol. The normalized spacial score (nSPS) is 18.3. The Morgan fingerprint density at radius 2 is 2.23 bits per heavy atom. The second-order valence-corrected chi connectivity index (χ2v) is 3.83. The summed E-state index contributed by atoms with van der Waals surface area (Å²) >= 11 is 0. The number of carbonyl (C=O) groups is 1. The van der Waals surface area contributed by atoms with Crippen LogP contribution in [-0.4, -0.2) is 10.8 Å². The highest BCUT2D eigenvalue weighted by atomic mass is 16.1. The van der Waals surface area contributed by atoms with Crippen molar-refractivity contribution in [3.63, 3.8) is 0 Å². The molecule has 0 N–H and O–H groups in total. The van der Waals surface area contributed by atoms with Gasteiger partial charge in [0.2, 0.25) is 0 Å². The zero-order chi connectivity index (χ0) is 9.47. The molecular weight excluding hydrogens is 162 g/mol. The summed E-state index contributed by atoms with van der Waals surface area (Å²) in [6.45, 7) is 3.71. The Bertz CT molecular complexity index is 353. The van der Waals surface area contributed by atoms with Gasteiger partial charge in [0.15, 0.2) is 0 Å². The fourth-order valence-electron chi connectivity index (χ4n) is 1.95. The summed E-state index contributed by atoms with van der Waals surface area (Å²) in [6.07, 6.45) is 5.62. The lowest BCUT2D eigenvalue weighted by atomic mass is 9.90. The van der Waals surface area contributed by atoms with Crippen LogP contribution >= 0.6 is 0 Å². The number of nitrogens with zero attached hydrogens (tertiary/aromatic N) is 1. The molecule has 0 aliphatic heterocycles. The van der Waals surface area contributed by atoms with Crippen molar-refractivity contribution in [3.05, 3.63) is 29.6 Å². The minimum atomic E-state index is -0.146. The first-order valence-corrected chi connectivity index (χ1v) is 4.59. The molecule has 0 bridgehead atoms. The molecule has 0 spiro atoms. The Morgan fingerprint density at radius 1 is 1.54 bits per heavy atom. The Hall–Kier alpha value is -1.18. The molecular formula is C11H13NO. The Morgan fingerprint density at radius 3 is 2.69 bits per heavy atom.